The molecule has 0 aliphatic heterocycles. The molecule has 0 aromatic heterocycles. The van der Waals surface area contributed by atoms with Gasteiger partial charge in [-0.05, 0) is 37.0 Å². The van der Waals surface area contributed by atoms with E-state index >= 15 is 0 Å². The Labute approximate surface area is 180 Å². The van der Waals surface area contributed by atoms with E-state index in [1.54, 1.807) is 0 Å². The standard InChI is InChI=1S/C27H57N/c1-7-13-16-19-25(10-4)22-28(23-26(11-5)20-17-14-8-2)24-27(12-6)21-18-15-9-3/h25-27H,7-24H2,1-6H3. The third-order valence-corrected chi connectivity index (χ3v) is 6.93. The zero-order chi connectivity index (χ0) is 21.0. The maximum Gasteiger partial charge on any atom is 0.000979 e. The minimum Gasteiger partial charge on any atom is -0.303 e. The largest absolute Gasteiger partial charge is 0.303 e. The first kappa shape index (κ1) is 28.0. The van der Waals surface area contributed by atoms with Crippen molar-refractivity contribution >= 4 is 0 Å². The second kappa shape index (κ2) is 20.2. The van der Waals surface area contributed by atoms with Gasteiger partial charge in [-0.25, -0.2) is 0 Å². The topological polar surface area (TPSA) is 3.24 Å². The van der Waals surface area contributed by atoms with Gasteiger partial charge in [0.2, 0.25) is 0 Å². The Morgan fingerprint density at radius 1 is 0.429 bits per heavy atom. The molecule has 1 heteroatoms. The molecule has 0 aromatic rings. The molecule has 28 heavy (non-hydrogen) atoms. The molecule has 1 nitrogen and oxygen atoms in total. The smallest absolute Gasteiger partial charge is 0.000979 e. The average Bonchev–Trinajstić information content (AvgIpc) is 2.71. The van der Waals surface area contributed by atoms with Crippen molar-refractivity contribution in [3.8, 4) is 0 Å². The van der Waals surface area contributed by atoms with E-state index in [4.69, 9.17) is 0 Å². The number of hydrogen-bond donors (Lipinski definition) is 0. The monoisotopic (exact) mass is 395 g/mol. The maximum atomic E-state index is 2.92. The van der Waals surface area contributed by atoms with Crippen LogP contribution in [0.25, 0.3) is 0 Å². The first-order valence-corrected chi connectivity index (χ1v) is 13.4. The molecule has 0 bridgehead atoms. The summed E-state index contributed by atoms with van der Waals surface area (Å²) in [5, 5.41) is 0. The Morgan fingerprint density at radius 2 is 0.714 bits per heavy atom. The number of hydrogen-bond acceptors (Lipinski definition) is 1. The average molecular weight is 396 g/mol. The summed E-state index contributed by atoms with van der Waals surface area (Å²) in [6.07, 6.45) is 21.0. The van der Waals surface area contributed by atoms with Crippen LogP contribution in [0, 0.1) is 17.8 Å². The van der Waals surface area contributed by atoms with E-state index < -0.39 is 0 Å². The van der Waals surface area contributed by atoms with Crippen molar-refractivity contribution in [2.75, 3.05) is 19.6 Å². The van der Waals surface area contributed by atoms with Crippen molar-refractivity contribution in [2.45, 2.75) is 138 Å². The highest BCUT2D eigenvalue weighted by Crippen LogP contribution is 2.23. The second-order valence-electron chi connectivity index (χ2n) is 9.53. The summed E-state index contributed by atoms with van der Waals surface area (Å²) in [6, 6.07) is 0. The minimum absolute atomic E-state index is 0.910. The number of rotatable bonds is 21. The van der Waals surface area contributed by atoms with E-state index in [-0.39, 0.29) is 0 Å². The van der Waals surface area contributed by atoms with Gasteiger partial charge in [0.05, 0.1) is 0 Å². The highest BCUT2D eigenvalue weighted by molar-refractivity contribution is 4.73. The summed E-state index contributed by atoms with van der Waals surface area (Å²) in [7, 11) is 0. The Balaban J connectivity index is 4.84. The van der Waals surface area contributed by atoms with Gasteiger partial charge in [0.15, 0.2) is 0 Å². The summed E-state index contributed by atoms with van der Waals surface area (Å²) >= 11 is 0. The van der Waals surface area contributed by atoms with Crippen molar-refractivity contribution in [3.05, 3.63) is 0 Å². The molecule has 170 valence electrons. The Hall–Kier alpha value is -0.0400. The Bertz CT molecular complexity index is 253. The summed E-state index contributed by atoms with van der Waals surface area (Å²) in [5.41, 5.74) is 0. The first-order valence-electron chi connectivity index (χ1n) is 13.4. The molecule has 0 spiro atoms. The van der Waals surface area contributed by atoms with Crippen LogP contribution >= 0.6 is 0 Å². The van der Waals surface area contributed by atoms with E-state index in [1.807, 2.05) is 0 Å². The van der Waals surface area contributed by atoms with Crippen LogP contribution in [-0.2, 0) is 0 Å². The highest BCUT2D eigenvalue weighted by atomic mass is 15.1. The van der Waals surface area contributed by atoms with Gasteiger partial charge >= 0.3 is 0 Å². The maximum absolute atomic E-state index is 2.92. The van der Waals surface area contributed by atoms with Gasteiger partial charge in [-0.2, -0.15) is 0 Å². The van der Waals surface area contributed by atoms with E-state index in [0.29, 0.717) is 0 Å². The van der Waals surface area contributed by atoms with Crippen LogP contribution < -0.4 is 0 Å². The molecular weight excluding hydrogens is 338 g/mol. The van der Waals surface area contributed by atoms with Gasteiger partial charge < -0.3 is 4.90 Å². The molecule has 0 rings (SSSR count). The van der Waals surface area contributed by atoms with E-state index in [9.17, 15) is 0 Å². The molecule has 0 aromatic carbocycles. The predicted octanol–water partition coefficient (Wildman–Crippen LogP) is 9.11. The Kier molecular flexibility index (Phi) is 20.2. The fourth-order valence-electron chi connectivity index (χ4n) is 4.64. The lowest BCUT2D eigenvalue weighted by Crippen LogP contribution is -2.37. The van der Waals surface area contributed by atoms with Crippen molar-refractivity contribution in [3.63, 3.8) is 0 Å². The van der Waals surface area contributed by atoms with Crippen LogP contribution in [0.2, 0.25) is 0 Å². The lowest BCUT2D eigenvalue weighted by Gasteiger charge is -2.33. The lowest BCUT2D eigenvalue weighted by molar-refractivity contribution is 0.151. The molecule has 0 fully saturated rings. The van der Waals surface area contributed by atoms with Crippen molar-refractivity contribution in [1.29, 1.82) is 0 Å². The third-order valence-electron chi connectivity index (χ3n) is 6.93. The summed E-state index contributed by atoms with van der Waals surface area (Å²) in [6.45, 7) is 18.3. The van der Waals surface area contributed by atoms with Crippen molar-refractivity contribution < 1.29 is 0 Å². The Morgan fingerprint density at radius 3 is 0.929 bits per heavy atom. The van der Waals surface area contributed by atoms with Crippen LogP contribution in [0.1, 0.15) is 138 Å². The van der Waals surface area contributed by atoms with E-state index in [0.717, 1.165) is 17.8 Å². The van der Waals surface area contributed by atoms with Gasteiger partial charge in [0.1, 0.15) is 0 Å². The van der Waals surface area contributed by atoms with Crippen LogP contribution in [0.15, 0.2) is 0 Å². The van der Waals surface area contributed by atoms with Crippen LogP contribution in [0.4, 0.5) is 0 Å². The van der Waals surface area contributed by atoms with Crippen LogP contribution in [0.5, 0.6) is 0 Å². The number of nitrogens with zero attached hydrogens (tertiary/aromatic N) is 1. The van der Waals surface area contributed by atoms with Crippen molar-refractivity contribution in [1.82, 2.24) is 4.90 Å². The molecule has 0 saturated heterocycles. The highest BCUT2D eigenvalue weighted by Gasteiger charge is 2.20. The molecule has 0 aliphatic carbocycles. The lowest BCUT2D eigenvalue weighted by atomic mass is 9.92. The van der Waals surface area contributed by atoms with Crippen molar-refractivity contribution in [2.24, 2.45) is 17.8 Å². The molecule has 0 amide bonds. The minimum atomic E-state index is 0.910. The normalized spacial score (nSPS) is 15.1. The molecule has 0 saturated carbocycles. The van der Waals surface area contributed by atoms with Gasteiger partial charge in [-0.15, -0.1) is 0 Å². The van der Waals surface area contributed by atoms with Crippen LogP contribution in [-0.4, -0.2) is 24.5 Å². The van der Waals surface area contributed by atoms with Gasteiger partial charge in [0.25, 0.3) is 0 Å². The molecule has 0 N–H and O–H groups in total. The first-order chi connectivity index (χ1) is 13.6. The predicted molar refractivity (Wildman–Crippen MR) is 130 cm³/mol. The van der Waals surface area contributed by atoms with Crippen LogP contribution in [0.3, 0.4) is 0 Å². The zero-order valence-electron chi connectivity index (χ0n) is 20.9. The third kappa shape index (κ3) is 14.9. The second-order valence-corrected chi connectivity index (χ2v) is 9.53. The SMILES string of the molecule is CCCCCC(CC)CN(CC(CC)CCCCC)CC(CC)CCCCC. The molecule has 3 atom stereocenters. The fourth-order valence-corrected chi connectivity index (χ4v) is 4.64. The zero-order valence-corrected chi connectivity index (χ0v) is 20.9. The molecule has 0 radical (unpaired) electrons. The molecule has 0 aliphatic rings. The molecule has 0 heterocycles. The molecular formula is C27H57N. The van der Waals surface area contributed by atoms with Gasteiger partial charge in [0, 0.05) is 19.6 Å². The van der Waals surface area contributed by atoms with Gasteiger partial charge in [-0.1, -0.05) is 119 Å². The van der Waals surface area contributed by atoms with E-state index in [1.165, 1.54) is 116 Å². The fraction of sp³-hybridized carbons (Fsp3) is 1.00. The van der Waals surface area contributed by atoms with Gasteiger partial charge in [-0.3, -0.25) is 0 Å². The van der Waals surface area contributed by atoms with E-state index in [2.05, 4.69) is 46.4 Å². The summed E-state index contributed by atoms with van der Waals surface area (Å²) in [5.74, 6) is 2.73. The summed E-state index contributed by atoms with van der Waals surface area (Å²) in [4.78, 5) is 2.92. The summed E-state index contributed by atoms with van der Waals surface area (Å²) < 4.78 is 0. The quantitative estimate of drug-likeness (QED) is 0.175. The number of unbranched alkanes of at least 4 members (excludes halogenated alkanes) is 6. The molecule has 3 unspecified atom stereocenters.